The molecule has 0 aliphatic carbocycles. The Morgan fingerprint density at radius 3 is 2.52 bits per heavy atom. The molecule has 0 amide bonds. The van der Waals surface area contributed by atoms with Crippen LogP contribution in [-0.2, 0) is 15.9 Å². The maximum absolute atomic E-state index is 13.7. The van der Waals surface area contributed by atoms with Gasteiger partial charge < -0.3 is 19.9 Å². The van der Waals surface area contributed by atoms with Gasteiger partial charge in [-0.2, -0.15) is 0 Å². The van der Waals surface area contributed by atoms with Crippen LogP contribution in [0.15, 0.2) is 42.5 Å². The van der Waals surface area contributed by atoms with Crippen LogP contribution in [0.3, 0.4) is 0 Å². The average molecular weight is 404 g/mol. The molecule has 160 valence electrons. The predicted molar refractivity (Wildman–Crippen MR) is 116 cm³/mol. The van der Waals surface area contributed by atoms with E-state index in [1.165, 1.54) is 12.1 Å². The number of benzene rings is 2. The zero-order valence-corrected chi connectivity index (χ0v) is 18.2. The van der Waals surface area contributed by atoms with Gasteiger partial charge in [0, 0.05) is 13.5 Å². The lowest BCUT2D eigenvalue weighted by molar-refractivity contribution is -0.233. The molecule has 2 atom stereocenters. The molecule has 1 saturated heterocycles. The molecule has 0 bridgehead atoms. The molecule has 0 aromatic heterocycles. The molecule has 2 N–H and O–H groups in total. The third-order valence-corrected chi connectivity index (χ3v) is 5.06. The molecular weight excluding hydrogens is 369 g/mol. The van der Waals surface area contributed by atoms with Gasteiger partial charge in [-0.3, -0.25) is 0 Å². The Hall–Kier alpha value is -1.95. The van der Waals surface area contributed by atoms with Crippen molar-refractivity contribution in [3.8, 4) is 16.9 Å². The van der Waals surface area contributed by atoms with Gasteiger partial charge in [-0.1, -0.05) is 32.0 Å². The fourth-order valence-electron chi connectivity index (χ4n) is 3.67. The first-order chi connectivity index (χ1) is 13.9. The Balaban J connectivity index is 0.00000145. The minimum absolute atomic E-state index is 0.0483. The van der Waals surface area contributed by atoms with Crippen molar-refractivity contribution in [3.63, 3.8) is 0 Å². The number of ether oxygens (including phenoxy) is 3. The van der Waals surface area contributed by atoms with Gasteiger partial charge in [0.15, 0.2) is 0 Å². The maximum atomic E-state index is 13.7. The molecule has 1 aliphatic heterocycles. The fraction of sp³-hybridized carbons (Fsp3) is 0.500. The lowest BCUT2D eigenvalue weighted by atomic mass is 9.94. The first-order valence-corrected chi connectivity index (χ1v) is 10.4. The molecule has 0 radical (unpaired) electrons. The molecule has 2 unspecified atom stereocenters. The number of nitrogens with two attached hydrogens (primary N) is 1. The number of rotatable bonds is 6. The van der Waals surface area contributed by atoms with Crippen LogP contribution in [0.4, 0.5) is 4.39 Å². The van der Waals surface area contributed by atoms with Gasteiger partial charge in [-0.05, 0) is 74.2 Å². The summed E-state index contributed by atoms with van der Waals surface area (Å²) in [5.74, 6) is 0.437. The minimum atomic E-state index is -0.414. The average Bonchev–Trinajstić information content (AvgIpc) is 2.70. The van der Waals surface area contributed by atoms with Gasteiger partial charge in [-0.15, -0.1) is 0 Å². The second-order valence-corrected chi connectivity index (χ2v) is 7.44. The van der Waals surface area contributed by atoms with E-state index in [0.717, 1.165) is 29.5 Å². The molecule has 1 aliphatic rings. The quantitative estimate of drug-likeness (QED) is 0.708. The molecule has 4 nitrogen and oxygen atoms in total. The van der Waals surface area contributed by atoms with E-state index in [9.17, 15) is 4.39 Å². The predicted octanol–water partition coefficient (Wildman–Crippen LogP) is 5.33. The summed E-state index contributed by atoms with van der Waals surface area (Å²) in [6.07, 6.45) is 2.05. The Morgan fingerprint density at radius 1 is 1.14 bits per heavy atom. The van der Waals surface area contributed by atoms with Crippen LogP contribution in [0.5, 0.6) is 5.75 Å². The van der Waals surface area contributed by atoms with Crippen molar-refractivity contribution in [3.05, 3.63) is 53.8 Å². The lowest BCUT2D eigenvalue weighted by Gasteiger charge is -2.41. The Labute approximate surface area is 174 Å². The highest BCUT2D eigenvalue weighted by Crippen LogP contribution is 2.34. The van der Waals surface area contributed by atoms with E-state index >= 15 is 0 Å². The largest absolute Gasteiger partial charge is 0.465 e. The highest BCUT2D eigenvalue weighted by atomic mass is 19.1. The van der Waals surface area contributed by atoms with Gasteiger partial charge in [0.2, 0.25) is 6.29 Å². The van der Waals surface area contributed by atoms with Crippen molar-refractivity contribution in [1.82, 2.24) is 0 Å². The molecule has 3 rings (SSSR count). The van der Waals surface area contributed by atoms with Crippen molar-refractivity contribution >= 4 is 0 Å². The van der Waals surface area contributed by atoms with Gasteiger partial charge in [0.05, 0.1) is 11.7 Å². The summed E-state index contributed by atoms with van der Waals surface area (Å²) in [6, 6.07) is 12.4. The number of hydrogen-bond donors (Lipinski definition) is 1. The Morgan fingerprint density at radius 2 is 1.90 bits per heavy atom. The van der Waals surface area contributed by atoms with Crippen molar-refractivity contribution < 1.29 is 18.6 Å². The molecule has 2 aromatic carbocycles. The normalized spacial score (nSPS) is 20.5. The number of halogens is 1. The zero-order chi connectivity index (χ0) is 21.4. The van der Waals surface area contributed by atoms with Gasteiger partial charge in [-0.25, -0.2) is 4.39 Å². The van der Waals surface area contributed by atoms with Crippen LogP contribution >= 0.6 is 0 Å². The van der Waals surface area contributed by atoms with Crippen molar-refractivity contribution in [2.75, 3.05) is 13.7 Å². The van der Waals surface area contributed by atoms with Crippen molar-refractivity contribution in [2.45, 2.75) is 65.0 Å². The van der Waals surface area contributed by atoms with E-state index in [-0.39, 0.29) is 18.2 Å². The summed E-state index contributed by atoms with van der Waals surface area (Å²) in [5, 5.41) is 0. The Bertz CT molecular complexity index is 778. The van der Waals surface area contributed by atoms with Crippen molar-refractivity contribution in [2.24, 2.45) is 5.73 Å². The van der Waals surface area contributed by atoms with E-state index in [0.29, 0.717) is 18.7 Å². The van der Waals surface area contributed by atoms with Crippen LogP contribution in [0, 0.1) is 5.82 Å². The van der Waals surface area contributed by atoms with Gasteiger partial charge in [0.1, 0.15) is 11.6 Å². The SMILES string of the molecule is CC.COC1CCC(Oc2ccc(CCN)c(-c3cccc(F)c3)c2)OC1(C)C. The minimum Gasteiger partial charge on any atom is -0.465 e. The molecular formula is C24H34FNO3. The van der Waals surface area contributed by atoms with Crippen LogP contribution in [0.25, 0.3) is 11.1 Å². The highest BCUT2D eigenvalue weighted by Gasteiger charge is 2.38. The Kier molecular flexibility index (Phi) is 8.62. The van der Waals surface area contributed by atoms with Crippen LogP contribution in [-0.4, -0.2) is 31.6 Å². The summed E-state index contributed by atoms with van der Waals surface area (Å²) < 4.78 is 31.4. The molecule has 1 heterocycles. The first kappa shape index (κ1) is 23.3. The van der Waals surface area contributed by atoms with Gasteiger partial charge >= 0.3 is 0 Å². The summed E-state index contributed by atoms with van der Waals surface area (Å²) in [7, 11) is 1.71. The summed E-state index contributed by atoms with van der Waals surface area (Å²) in [4.78, 5) is 0. The van der Waals surface area contributed by atoms with E-state index in [1.807, 2.05) is 52.0 Å². The lowest BCUT2D eigenvalue weighted by Crippen LogP contribution is -2.49. The van der Waals surface area contributed by atoms with E-state index in [2.05, 4.69) is 0 Å². The molecule has 29 heavy (non-hydrogen) atoms. The molecule has 1 fully saturated rings. The maximum Gasteiger partial charge on any atom is 0.200 e. The second-order valence-electron chi connectivity index (χ2n) is 7.44. The highest BCUT2D eigenvalue weighted by molar-refractivity contribution is 5.69. The molecule has 2 aromatic rings. The van der Waals surface area contributed by atoms with Gasteiger partial charge in [0.25, 0.3) is 0 Å². The molecule has 0 spiro atoms. The van der Waals surface area contributed by atoms with Crippen LogP contribution in [0.2, 0.25) is 0 Å². The smallest absolute Gasteiger partial charge is 0.200 e. The van der Waals surface area contributed by atoms with E-state index < -0.39 is 5.60 Å². The third-order valence-electron chi connectivity index (χ3n) is 5.06. The first-order valence-electron chi connectivity index (χ1n) is 10.4. The summed E-state index contributed by atoms with van der Waals surface area (Å²) in [6.45, 7) is 8.55. The second kappa shape index (κ2) is 10.7. The summed E-state index contributed by atoms with van der Waals surface area (Å²) >= 11 is 0. The number of methoxy groups -OCH3 is 1. The fourth-order valence-corrected chi connectivity index (χ4v) is 3.67. The molecule has 5 heteroatoms. The van der Waals surface area contributed by atoms with E-state index in [1.54, 1.807) is 13.2 Å². The third kappa shape index (κ3) is 6.01. The molecule has 0 saturated carbocycles. The zero-order valence-electron chi connectivity index (χ0n) is 18.2. The van der Waals surface area contributed by atoms with E-state index in [4.69, 9.17) is 19.9 Å². The van der Waals surface area contributed by atoms with Crippen LogP contribution < -0.4 is 10.5 Å². The standard InChI is InChI=1S/C22H28FNO3.C2H6/c1-22(2)20(25-3)9-10-21(27-22)26-18-8-7-15(11-12-24)19(14-18)16-5-4-6-17(23)13-16;1-2/h4-8,13-14,20-21H,9-12,24H2,1-3H3;1-2H3. The topological polar surface area (TPSA) is 53.7 Å². The van der Waals surface area contributed by atoms with Crippen molar-refractivity contribution in [1.29, 1.82) is 0 Å². The number of hydrogen-bond acceptors (Lipinski definition) is 4. The van der Waals surface area contributed by atoms with Crippen LogP contribution in [0.1, 0.15) is 46.1 Å². The summed E-state index contributed by atoms with van der Waals surface area (Å²) in [5.41, 5.74) is 8.14. The monoisotopic (exact) mass is 403 g/mol.